The van der Waals surface area contributed by atoms with Crippen molar-refractivity contribution in [2.24, 2.45) is 0 Å². The van der Waals surface area contributed by atoms with E-state index in [1.807, 2.05) is 18.5 Å². The zero-order chi connectivity index (χ0) is 11.0. The highest BCUT2D eigenvalue weighted by Gasteiger charge is 2.24. The van der Waals surface area contributed by atoms with Gasteiger partial charge < -0.3 is 4.90 Å². The molecule has 0 aromatic carbocycles. The molecule has 1 aliphatic heterocycles. The fourth-order valence-electron chi connectivity index (χ4n) is 2.71. The van der Waals surface area contributed by atoms with Gasteiger partial charge in [-0.2, -0.15) is 0 Å². The van der Waals surface area contributed by atoms with Gasteiger partial charge in [0.05, 0.1) is 0 Å². The van der Waals surface area contributed by atoms with Crippen LogP contribution >= 0.6 is 0 Å². The third-order valence-electron chi connectivity index (χ3n) is 3.53. The molecule has 2 heterocycles. The third-order valence-corrected chi connectivity index (χ3v) is 3.53. The monoisotopic (exact) mass is 212 g/mol. The smallest absolute Gasteiger partial charge is 0.0346 e. The largest absolute Gasteiger partial charge is 0.377 e. The summed E-state index contributed by atoms with van der Waals surface area (Å²) in [7, 11) is 2.20. The third kappa shape index (κ3) is 1.45. The maximum atomic E-state index is 4.22. The number of nitrogens with zero attached hydrogens (tertiary/aromatic N) is 2. The molecular weight excluding hydrogens is 196 g/mol. The van der Waals surface area contributed by atoms with Crippen molar-refractivity contribution in [3.05, 3.63) is 47.4 Å². The van der Waals surface area contributed by atoms with Gasteiger partial charge in [-0.25, -0.2) is 0 Å². The zero-order valence-electron chi connectivity index (χ0n) is 9.61. The molecule has 0 radical (unpaired) electrons. The van der Waals surface area contributed by atoms with Crippen molar-refractivity contribution in [2.75, 3.05) is 13.6 Å². The molecule has 0 saturated heterocycles. The molecule has 16 heavy (non-hydrogen) atoms. The Labute approximate surface area is 96.3 Å². The molecule has 1 aromatic heterocycles. The highest BCUT2D eigenvalue weighted by molar-refractivity contribution is 5.81. The van der Waals surface area contributed by atoms with Gasteiger partial charge in [0, 0.05) is 37.2 Å². The average molecular weight is 212 g/mol. The molecule has 0 N–H and O–H groups in total. The summed E-state index contributed by atoms with van der Waals surface area (Å²) in [4.78, 5) is 6.62. The van der Waals surface area contributed by atoms with Gasteiger partial charge in [-0.15, -0.1) is 0 Å². The van der Waals surface area contributed by atoms with Crippen molar-refractivity contribution in [1.29, 1.82) is 0 Å². The number of allylic oxidation sites excluding steroid dienone is 3. The molecule has 3 rings (SSSR count). The van der Waals surface area contributed by atoms with Crippen molar-refractivity contribution >= 4 is 5.57 Å². The van der Waals surface area contributed by atoms with Crippen LogP contribution in [0.5, 0.6) is 0 Å². The molecule has 1 aliphatic carbocycles. The van der Waals surface area contributed by atoms with Crippen LogP contribution in [0.3, 0.4) is 0 Å². The van der Waals surface area contributed by atoms with E-state index in [1.165, 1.54) is 30.5 Å². The topological polar surface area (TPSA) is 16.1 Å². The second-order valence-electron chi connectivity index (χ2n) is 4.49. The van der Waals surface area contributed by atoms with Crippen molar-refractivity contribution in [3.63, 3.8) is 0 Å². The SMILES string of the molecule is CN1CCC2=C1CCC=C2c1cccnc1. The molecule has 0 spiro atoms. The van der Waals surface area contributed by atoms with Crippen LogP contribution in [-0.2, 0) is 0 Å². The van der Waals surface area contributed by atoms with E-state index in [2.05, 4.69) is 29.1 Å². The first kappa shape index (κ1) is 9.64. The molecule has 2 heteroatoms. The van der Waals surface area contributed by atoms with Gasteiger partial charge in [-0.05, 0) is 36.5 Å². The van der Waals surface area contributed by atoms with Gasteiger partial charge in [0.25, 0.3) is 0 Å². The van der Waals surface area contributed by atoms with Crippen molar-refractivity contribution < 1.29 is 0 Å². The molecule has 1 aromatic rings. The minimum Gasteiger partial charge on any atom is -0.377 e. The Morgan fingerprint density at radius 1 is 1.31 bits per heavy atom. The van der Waals surface area contributed by atoms with Gasteiger partial charge in [-0.3, -0.25) is 4.98 Å². The summed E-state index contributed by atoms with van der Waals surface area (Å²) < 4.78 is 0. The van der Waals surface area contributed by atoms with Crippen LogP contribution in [0.4, 0.5) is 0 Å². The lowest BCUT2D eigenvalue weighted by molar-refractivity contribution is 0.442. The lowest BCUT2D eigenvalue weighted by Gasteiger charge is -2.20. The molecule has 2 nitrogen and oxygen atoms in total. The Bertz CT molecular complexity index is 457. The first-order chi connectivity index (χ1) is 7.86. The van der Waals surface area contributed by atoms with E-state index in [4.69, 9.17) is 0 Å². The first-order valence-corrected chi connectivity index (χ1v) is 5.90. The van der Waals surface area contributed by atoms with Crippen LogP contribution < -0.4 is 0 Å². The minimum atomic E-state index is 1.16. The van der Waals surface area contributed by atoms with Crippen LogP contribution in [0.25, 0.3) is 5.57 Å². The van der Waals surface area contributed by atoms with Crippen LogP contribution in [0.1, 0.15) is 24.8 Å². The maximum Gasteiger partial charge on any atom is 0.0346 e. The Morgan fingerprint density at radius 2 is 2.25 bits per heavy atom. The van der Waals surface area contributed by atoms with E-state index < -0.39 is 0 Å². The highest BCUT2D eigenvalue weighted by atomic mass is 15.1. The van der Waals surface area contributed by atoms with Gasteiger partial charge >= 0.3 is 0 Å². The first-order valence-electron chi connectivity index (χ1n) is 5.90. The van der Waals surface area contributed by atoms with E-state index in [9.17, 15) is 0 Å². The normalized spacial score (nSPS) is 19.8. The predicted octanol–water partition coefficient (Wildman–Crippen LogP) is 2.85. The summed E-state index contributed by atoms with van der Waals surface area (Å²) in [6.07, 6.45) is 9.73. The summed E-state index contributed by atoms with van der Waals surface area (Å²) in [6.45, 7) is 1.17. The fourth-order valence-corrected chi connectivity index (χ4v) is 2.71. The molecule has 82 valence electrons. The van der Waals surface area contributed by atoms with E-state index in [-0.39, 0.29) is 0 Å². The lowest BCUT2D eigenvalue weighted by Crippen LogP contribution is -2.13. The molecule has 0 saturated carbocycles. The van der Waals surface area contributed by atoms with Gasteiger partial charge in [0.1, 0.15) is 0 Å². The van der Waals surface area contributed by atoms with E-state index in [1.54, 1.807) is 11.3 Å². The summed E-state index contributed by atoms with van der Waals surface area (Å²) in [5, 5.41) is 0. The number of hydrogen-bond donors (Lipinski definition) is 0. The Hall–Kier alpha value is -1.57. The predicted molar refractivity (Wildman–Crippen MR) is 65.7 cm³/mol. The number of hydrogen-bond acceptors (Lipinski definition) is 2. The second-order valence-corrected chi connectivity index (χ2v) is 4.49. The lowest BCUT2D eigenvalue weighted by atomic mass is 9.90. The van der Waals surface area contributed by atoms with Gasteiger partial charge in [0.15, 0.2) is 0 Å². The van der Waals surface area contributed by atoms with E-state index in [0.29, 0.717) is 0 Å². The molecular formula is C14H16N2. The quantitative estimate of drug-likeness (QED) is 0.711. The molecule has 0 amide bonds. The van der Waals surface area contributed by atoms with Crippen molar-refractivity contribution in [2.45, 2.75) is 19.3 Å². The van der Waals surface area contributed by atoms with Gasteiger partial charge in [0.2, 0.25) is 0 Å². The summed E-state index contributed by atoms with van der Waals surface area (Å²) >= 11 is 0. The Kier molecular flexibility index (Phi) is 2.28. The number of rotatable bonds is 1. The average Bonchev–Trinajstić information content (AvgIpc) is 2.73. The number of aromatic nitrogens is 1. The highest BCUT2D eigenvalue weighted by Crippen LogP contribution is 2.38. The Balaban J connectivity index is 2.03. The van der Waals surface area contributed by atoms with Crippen LogP contribution in [0.15, 0.2) is 41.9 Å². The fraction of sp³-hybridized carbons (Fsp3) is 0.357. The Morgan fingerprint density at radius 3 is 3.06 bits per heavy atom. The summed E-state index contributed by atoms with van der Waals surface area (Å²) in [6, 6.07) is 4.18. The van der Waals surface area contributed by atoms with E-state index >= 15 is 0 Å². The molecule has 0 unspecified atom stereocenters. The molecule has 0 fully saturated rings. The standard InChI is InChI=1S/C14H16N2/c1-16-9-7-13-12(5-2-6-14(13)16)11-4-3-8-15-10-11/h3-5,8,10H,2,6-7,9H2,1H3. The summed E-state index contributed by atoms with van der Waals surface area (Å²) in [5.41, 5.74) is 5.77. The molecule has 0 atom stereocenters. The molecule has 2 aliphatic rings. The maximum absolute atomic E-state index is 4.22. The van der Waals surface area contributed by atoms with Crippen LogP contribution in [0, 0.1) is 0 Å². The number of pyridine rings is 1. The zero-order valence-corrected chi connectivity index (χ0v) is 9.61. The molecule has 0 bridgehead atoms. The summed E-state index contributed by atoms with van der Waals surface area (Å²) in [5.74, 6) is 0. The second kappa shape index (κ2) is 3.78. The minimum absolute atomic E-state index is 1.16. The van der Waals surface area contributed by atoms with Crippen LogP contribution in [0.2, 0.25) is 0 Å². The van der Waals surface area contributed by atoms with Crippen molar-refractivity contribution in [1.82, 2.24) is 9.88 Å². The van der Waals surface area contributed by atoms with Crippen molar-refractivity contribution in [3.8, 4) is 0 Å². The van der Waals surface area contributed by atoms with Crippen LogP contribution in [-0.4, -0.2) is 23.5 Å². The van der Waals surface area contributed by atoms with E-state index in [0.717, 1.165) is 6.42 Å². The van der Waals surface area contributed by atoms with Gasteiger partial charge in [-0.1, -0.05) is 12.1 Å².